The second-order valence-electron chi connectivity index (χ2n) is 5.69. The first-order valence-corrected chi connectivity index (χ1v) is 9.25. The molecule has 0 heterocycles. The molecule has 0 bridgehead atoms. The van der Waals surface area contributed by atoms with Crippen molar-refractivity contribution in [2.24, 2.45) is 0 Å². The van der Waals surface area contributed by atoms with Gasteiger partial charge in [-0.2, -0.15) is 11.8 Å². The van der Waals surface area contributed by atoms with E-state index >= 15 is 0 Å². The topological polar surface area (TPSA) is 32.3 Å². The number of rotatable bonds is 8. The number of fused-ring (bicyclic) bond motifs is 1. The smallest absolute Gasteiger partial charge is 0.115 e. The summed E-state index contributed by atoms with van der Waals surface area (Å²) in [6.45, 7) is 1.12. The van der Waals surface area contributed by atoms with Crippen molar-refractivity contribution in [3.05, 3.63) is 29.3 Å². The van der Waals surface area contributed by atoms with Crippen molar-refractivity contribution >= 4 is 11.8 Å². The molecule has 0 aliphatic heterocycles. The van der Waals surface area contributed by atoms with E-state index in [1.165, 1.54) is 55.4 Å². The quantitative estimate of drug-likeness (QED) is 0.702. The van der Waals surface area contributed by atoms with Crippen LogP contribution in [0.4, 0.5) is 0 Å². The van der Waals surface area contributed by atoms with Crippen LogP contribution < -0.4 is 5.32 Å². The van der Waals surface area contributed by atoms with Crippen LogP contribution in [0.5, 0.6) is 5.75 Å². The first kappa shape index (κ1) is 15.7. The number of hydrogen-bond donors (Lipinski definition) is 2. The van der Waals surface area contributed by atoms with E-state index in [-0.39, 0.29) is 0 Å². The van der Waals surface area contributed by atoms with Crippen molar-refractivity contribution < 1.29 is 5.11 Å². The fourth-order valence-electron chi connectivity index (χ4n) is 3.01. The summed E-state index contributed by atoms with van der Waals surface area (Å²) in [7, 11) is 0. The second-order valence-corrected chi connectivity index (χ2v) is 6.67. The SMILES string of the molecule is CSCCCCCCNC1CCCc2cc(O)ccc21. The maximum absolute atomic E-state index is 9.57. The Balaban J connectivity index is 1.72. The Labute approximate surface area is 127 Å². The molecular weight excluding hydrogens is 266 g/mol. The Hall–Kier alpha value is -0.670. The van der Waals surface area contributed by atoms with Gasteiger partial charge < -0.3 is 10.4 Å². The number of phenolic OH excluding ortho intramolecular Hbond substituents is 1. The third-order valence-electron chi connectivity index (χ3n) is 4.11. The Kier molecular flexibility index (Phi) is 6.74. The maximum Gasteiger partial charge on any atom is 0.115 e. The highest BCUT2D eigenvalue weighted by atomic mass is 32.2. The summed E-state index contributed by atoms with van der Waals surface area (Å²) in [6.07, 6.45) is 11.1. The highest BCUT2D eigenvalue weighted by Gasteiger charge is 2.19. The molecular formula is C17H27NOS. The highest BCUT2D eigenvalue weighted by molar-refractivity contribution is 7.98. The van der Waals surface area contributed by atoms with E-state index in [0.717, 1.165) is 13.0 Å². The minimum absolute atomic E-state index is 0.401. The molecule has 0 radical (unpaired) electrons. The number of aryl methyl sites for hydroxylation is 1. The lowest BCUT2D eigenvalue weighted by Gasteiger charge is -2.26. The molecule has 112 valence electrons. The third kappa shape index (κ3) is 4.71. The summed E-state index contributed by atoms with van der Waals surface area (Å²) in [6, 6.07) is 6.35. The fraction of sp³-hybridized carbons (Fsp3) is 0.647. The number of unbranched alkanes of at least 4 members (excludes halogenated alkanes) is 3. The Bertz CT molecular complexity index is 408. The Morgan fingerprint density at radius 2 is 2.10 bits per heavy atom. The zero-order valence-corrected chi connectivity index (χ0v) is 13.3. The maximum atomic E-state index is 9.57. The fourth-order valence-corrected chi connectivity index (χ4v) is 3.51. The third-order valence-corrected chi connectivity index (χ3v) is 4.80. The molecule has 1 unspecified atom stereocenters. The molecule has 3 heteroatoms. The summed E-state index contributed by atoms with van der Waals surface area (Å²) in [4.78, 5) is 0. The summed E-state index contributed by atoms with van der Waals surface area (Å²) in [5, 5.41) is 13.3. The van der Waals surface area contributed by atoms with Gasteiger partial charge >= 0.3 is 0 Å². The molecule has 20 heavy (non-hydrogen) atoms. The van der Waals surface area contributed by atoms with E-state index in [1.54, 1.807) is 0 Å². The molecule has 1 aromatic rings. The largest absolute Gasteiger partial charge is 0.508 e. The molecule has 2 rings (SSSR count). The average Bonchev–Trinajstić information content (AvgIpc) is 2.46. The lowest BCUT2D eigenvalue weighted by atomic mass is 9.87. The predicted molar refractivity (Wildman–Crippen MR) is 88.6 cm³/mol. The number of aromatic hydroxyl groups is 1. The molecule has 0 spiro atoms. The van der Waals surface area contributed by atoms with E-state index in [4.69, 9.17) is 0 Å². The van der Waals surface area contributed by atoms with Gasteiger partial charge in [0.1, 0.15) is 5.75 Å². The van der Waals surface area contributed by atoms with Crippen LogP contribution >= 0.6 is 11.8 Å². The highest BCUT2D eigenvalue weighted by Crippen LogP contribution is 2.31. The number of phenols is 1. The first-order chi connectivity index (χ1) is 9.81. The number of hydrogen-bond acceptors (Lipinski definition) is 3. The molecule has 0 saturated carbocycles. The summed E-state index contributed by atoms with van der Waals surface area (Å²) < 4.78 is 0. The molecule has 0 amide bonds. The zero-order valence-electron chi connectivity index (χ0n) is 12.5. The molecule has 1 aliphatic carbocycles. The lowest BCUT2D eigenvalue weighted by molar-refractivity contribution is 0.443. The van der Waals surface area contributed by atoms with Gasteiger partial charge in [0.2, 0.25) is 0 Å². The van der Waals surface area contributed by atoms with Crippen LogP contribution in [0.3, 0.4) is 0 Å². The van der Waals surface area contributed by atoms with Gasteiger partial charge in [-0.3, -0.25) is 0 Å². The molecule has 0 aromatic heterocycles. The standard InChI is InChI=1S/C17H27NOS/c1-20-12-5-3-2-4-11-18-17-8-6-7-14-13-15(19)9-10-16(14)17/h9-10,13,17-19H,2-8,11-12H2,1H3. The number of thioether (sulfide) groups is 1. The van der Waals surface area contributed by atoms with E-state index < -0.39 is 0 Å². The molecule has 1 aliphatic rings. The Morgan fingerprint density at radius 3 is 2.95 bits per heavy atom. The molecule has 0 fully saturated rings. The van der Waals surface area contributed by atoms with Crippen LogP contribution in [-0.2, 0) is 6.42 Å². The van der Waals surface area contributed by atoms with Crippen molar-refractivity contribution in [2.75, 3.05) is 18.6 Å². The minimum atomic E-state index is 0.401. The van der Waals surface area contributed by atoms with Gasteiger partial charge in [0, 0.05) is 6.04 Å². The number of benzene rings is 1. The number of nitrogens with one attached hydrogen (secondary N) is 1. The van der Waals surface area contributed by atoms with Crippen LogP contribution in [0.15, 0.2) is 18.2 Å². The van der Waals surface area contributed by atoms with Gasteiger partial charge in [-0.05, 0) is 73.9 Å². The van der Waals surface area contributed by atoms with Crippen LogP contribution in [0.25, 0.3) is 0 Å². The van der Waals surface area contributed by atoms with Gasteiger partial charge in [-0.25, -0.2) is 0 Å². The van der Waals surface area contributed by atoms with Crippen molar-refractivity contribution in [3.8, 4) is 5.75 Å². The second kappa shape index (κ2) is 8.58. The van der Waals surface area contributed by atoms with Gasteiger partial charge in [0.15, 0.2) is 0 Å². The van der Waals surface area contributed by atoms with E-state index in [1.807, 2.05) is 23.9 Å². The molecule has 1 atom stereocenters. The summed E-state index contributed by atoms with van der Waals surface area (Å²) in [5.41, 5.74) is 2.73. The van der Waals surface area contributed by atoms with Crippen LogP contribution in [0.2, 0.25) is 0 Å². The van der Waals surface area contributed by atoms with Crippen molar-refractivity contribution in [2.45, 2.75) is 51.0 Å². The van der Waals surface area contributed by atoms with Crippen molar-refractivity contribution in [1.29, 1.82) is 0 Å². The van der Waals surface area contributed by atoms with Gasteiger partial charge in [-0.1, -0.05) is 18.9 Å². The van der Waals surface area contributed by atoms with Gasteiger partial charge in [-0.15, -0.1) is 0 Å². The minimum Gasteiger partial charge on any atom is -0.508 e. The van der Waals surface area contributed by atoms with Crippen molar-refractivity contribution in [1.82, 2.24) is 5.32 Å². The van der Waals surface area contributed by atoms with Gasteiger partial charge in [0.05, 0.1) is 0 Å². The zero-order chi connectivity index (χ0) is 14.2. The molecule has 0 saturated heterocycles. The normalized spacial score (nSPS) is 17.9. The van der Waals surface area contributed by atoms with Crippen LogP contribution in [0.1, 0.15) is 55.7 Å². The lowest BCUT2D eigenvalue weighted by Crippen LogP contribution is -2.26. The van der Waals surface area contributed by atoms with Crippen LogP contribution in [0, 0.1) is 0 Å². The van der Waals surface area contributed by atoms with Crippen molar-refractivity contribution in [3.63, 3.8) is 0 Å². The molecule has 2 N–H and O–H groups in total. The average molecular weight is 293 g/mol. The Morgan fingerprint density at radius 1 is 1.25 bits per heavy atom. The predicted octanol–water partition coefficient (Wildman–Crippen LogP) is 4.28. The van der Waals surface area contributed by atoms with E-state index in [9.17, 15) is 5.11 Å². The summed E-state index contributed by atoms with van der Waals surface area (Å²) in [5.74, 6) is 1.70. The molecule has 2 nitrogen and oxygen atoms in total. The van der Waals surface area contributed by atoms with E-state index in [2.05, 4.69) is 17.6 Å². The first-order valence-electron chi connectivity index (χ1n) is 7.85. The van der Waals surface area contributed by atoms with E-state index in [0.29, 0.717) is 11.8 Å². The molecule has 1 aromatic carbocycles. The monoisotopic (exact) mass is 293 g/mol. The van der Waals surface area contributed by atoms with Crippen LogP contribution in [-0.4, -0.2) is 23.7 Å². The summed E-state index contributed by atoms with van der Waals surface area (Å²) >= 11 is 1.95. The van der Waals surface area contributed by atoms with Gasteiger partial charge in [0.25, 0.3) is 0 Å².